The predicted molar refractivity (Wildman–Crippen MR) is 110 cm³/mol. The van der Waals surface area contributed by atoms with Crippen LogP contribution >= 0.6 is 0 Å². The lowest BCUT2D eigenvalue weighted by Crippen LogP contribution is -2.10. The third kappa shape index (κ3) is 6.85. The second kappa shape index (κ2) is 11.5. The first-order valence-electron chi connectivity index (χ1n) is 9.09. The van der Waals surface area contributed by atoms with Gasteiger partial charge in [-0.15, -0.1) is 0 Å². The van der Waals surface area contributed by atoms with Crippen LogP contribution < -0.4 is 11.7 Å². The Hall–Kier alpha value is -3.19. The molecule has 0 aromatic heterocycles. The molecule has 4 N–H and O–H groups in total. The molecular weight excluding hydrogens is 356 g/mol. The van der Waals surface area contributed by atoms with Gasteiger partial charge in [0.2, 0.25) is 0 Å². The molecule has 28 heavy (non-hydrogen) atoms. The SMILES string of the molecule is CCOC(=O)CCC(OCc1ccc(C=NN)cc1)c1cccc(C=NN)c1. The van der Waals surface area contributed by atoms with Gasteiger partial charge in [0.15, 0.2) is 0 Å². The van der Waals surface area contributed by atoms with Crippen molar-refractivity contribution >= 4 is 18.4 Å². The topological polar surface area (TPSA) is 112 Å². The Labute approximate surface area is 165 Å². The van der Waals surface area contributed by atoms with Crippen LogP contribution in [0.4, 0.5) is 0 Å². The largest absolute Gasteiger partial charge is 0.466 e. The molecule has 0 radical (unpaired) electrons. The van der Waals surface area contributed by atoms with Crippen LogP contribution in [0.1, 0.15) is 48.1 Å². The van der Waals surface area contributed by atoms with Crippen LogP contribution in [0.25, 0.3) is 0 Å². The van der Waals surface area contributed by atoms with Gasteiger partial charge in [0.25, 0.3) is 0 Å². The summed E-state index contributed by atoms with van der Waals surface area (Å²) in [5.41, 5.74) is 3.75. The van der Waals surface area contributed by atoms with E-state index in [4.69, 9.17) is 21.2 Å². The van der Waals surface area contributed by atoms with Crippen LogP contribution in [0, 0.1) is 0 Å². The number of rotatable bonds is 10. The van der Waals surface area contributed by atoms with E-state index in [-0.39, 0.29) is 18.5 Å². The fraction of sp³-hybridized carbons (Fsp3) is 0.286. The molecule has 2 aromatic rings. The van der Waals surface area contributed by atoms with Gasteiger partial charge in [-0.2, -0.15) is 10.2 Å². The van der Waals surface area contributed by atoms with Crippen LogP contribution in [0.15, 0.2) is 58.7 Å². The first-order valence-corrected chi connectivity index (χ1v) is 9.09. The summed E-state index contributed by atoms with van der Waals surface area (Å²) in [6, 6.07) is 15.5. The van der Waals surface area contributed by atoms with Crippen LogP contribution in [-0.2, 0) is 20.9 Å². The third-order valence-electron chi connectivity index (χ3n) is 4.08. The van der Waals surface area contributed by atoms with Gasteiger partial charge in [-0.3, -0.25) is 4.79 Å². The molecule has 0 saturated carbocycles. The minimum atomic E-state index is -0.263. The number of hydrogen-bond donors (Lipinski definition) is 2. The molecule has 0 aliphatic carbocycles. The van der Waals surface area contributed by atoms with Gasteiger partial charge in [0.1, 0.15) is 0 Å². The number of ether oxygens (including phenoxy) is 2. The zero-order valence-corrected chi connectivity index (χ0v) is 16.0. The molecule has 0 bridgehead atoms. The predicted octanol–water partition coefficient (Wildman–Crippen LogP) is 2.87. The molecule has 7 nitrogen and oxygen atoms in total. The lowest BCUT2D eigenvalue weighted by molar-refractivity contribution is -0.144. The second-order valence-electron chi connectivity index (χ2n) is 6.11. The van der Waals surface area contributed by atoms with E-state index in [1.807, 2.05) is 48.5 Å². The standard InChI is InChI=1S/C21H26N4O3/c1-2-27-21(26)11-10-20(19-5-3-4-18(12-19)14-25-23)28-15-17-8-6-16(7-9-17)13-24-22/h3-9,12-14,20H,2,10-11,15,22-23H2,1H3. The molecule has 1 atom stereocenters. The average molecular weight is 382 g/mol. The van der Waals surface area contributed by atoms with Crippen molar-refractivity contribution in [3.63, 3.8) is 0 Å². The van der Waals surface area contributed by atoms with E-state index in [0.717, 1.165) is 22.3 Å². The first-order chi connectivity index (χ1) is 13.7. The van der Waals surface area contributed by atoms with Crippen molar-refractivity contribution < 1.29 is 14.3 Å². The zero-order valence-electron chi connectivity index (χ0n) is 16.0. The number of carbonyl (C=O) groups is 1. The molecule has 0 aliphatic rings. The maximum absolute atomic E-state index is 11.8. The average Bonchev–Trinajstić information content (AvgIpc) is 2.70. The van der Waals surface area contributed by atoms with E-state index in [0.29, 0.717) is 19.6 Å². The summed E-state index contributed by atoms with van der Waals surface area (Å²) in [5, 5.41) is 7.07. The number of benzene rings is 2. The highest BCUT2D eigenvalue weighted by molar-refractivity contribution is 5.79. The highest BCUT2D eigenvalue weighted by Gasteiger charge is 2.15. The number of nitrogens with two attached hydrogens (primary N) is 2. The smallest absolute Gasteiger partial charge is 0.305 e. The van der Waals surface area contributed by atoms with Crippen LogP contribution in [0.2, 0.25) is 0 Å². The van der Waals surface area contributed by atoms with Crippen LogP contribution in [-0.4, -0.2) is 25.0 Å². The van der Waals surface area contributed by atoms with Gasteiger partial charge >= 0.3 is 5.97 Å². The molecule has 148 valence electrons. The Morgan fingerprint density at radius 2 is 1.79 bits per heavy atom. The van der Waals surface area contributed by atoms with E-state index < -0.39 is 0 Å². The van der Waals surface area contributed by atoms with Crippen molar-refractivity contribution in [3.05, 3.63) is 70.8 Å². The number of hydrogen-bond acceptors (Lipinski definition) is 7. The van der Waals surface area contributed by atoms with Gasteiger partial charge in [-0.1, -0.05) is 42.5 Å². The van der Waals surface area contributed by atoms with Gasteiger partial charge in [0, 0.05) is 6.42 Å². The molecule has 2 rings (SSSR count). The molecule has 7 heteroatoms. The highest BCUT2D eigenvalue weighted by Crippen LogP contribution is 2.25. The lowest BCUT2D eigenvalue weighted by atomic mass is 10.0. The fourth-order valence-electron chi connectivity index (χ4n) is 2.74. The third-order valence-corrected chi connectivity index (χ3v) is 4.08. The maximum atomic E-state index is 11.8. The summed E-state index contributed by atoms with van der Waals surface area (Å²) in [6.45, 7) is 2.56. The van der Waals surface area contributed by atoms with E-state index in [9.17, 15) is 4.79 Å². The Balaban J connectivity index is 2.10. The van der Waals surface area contributed by atoms with E-state index in [2.05, 4.69) is 10.2 Å². The highest BCUT2D eigenvalue weighted by atomic mass is 16.5. The minimum absolute atomic E-state index is 0.235. The molecule has 0 aliphatic heterocycles. The molecule has 1 unspecified atom stereocenters. The fourth-order valence-corrected chi connectivity index (χ4v) is 2.74. The summed E-state index contributed by atoms with van der Waals surface area (Å²) in [5.74, 6) is 10.2. The van der Waals surface area contributed by atoms with Crippen molar-refractivity contribution in [3.8, 4) is 0 Å². The van der Waals surface area contributed by atoms with Gasteiger partial charge in [-0.05, 0) is 41.7 Å². The summed E-state index contributed by atoms with van der Waals surface area (Å²) < 4.78 is 11.2. The molecule has 2 aromatic carbocycles. The maximum Gasteiger partial charge on any atom is 0.305 e. The van der Waals surface area contributed by atoms with Gasteiger partial charge in [-0.25, -0.2) is 0 Å². The normalized spacial score (nSPS) is 12.5. The minimum Gasteiger partial charge on any atom is -0.466 e. The Morgan fingerprint density at radius 3 is 2.46 bits per heavy atom. The molecule has 0 heterocycles. The van der Waals surface area contributed by atoms with Crippen LogP contribution in [0.3, 0.4) is 0 Å². The van der Waals surface area contributed by atoms with Crippen LogP contribution in [0.5, 0.6) is 0 Å². The lowest BCUT2D eigenvalue weighted by Gasteiger charge is -2.19. The molecule has 0 fully saturated rings. The van der Waals surface area contributed by atoms with E-state index >= 15 is 0 Å². The van der Waals surface area contributed by atoms with Crippen molar-refractivity contribution in [2.75, 3.05) is 6.61 Å². The Bertz CT molecular complexity index is 804. The van der Waals surface area contributed by atoms with Gasteiger partial charge < -0.3 is 21.2 Å². The Morgan fingerprint density at radius 1 is 1.07 bits per heavy atom. The first kappa shape index (κ1) is 21.1. The number of nitrogens with zero attached hydrogens (tertiary/aromatic N) is 2. The molecule has 0 spiro atoms. The van der Waals surface area contributed by atoms with Crippen molar-refractivity contribution in [2.45, 2.75) is 32.5 Å². The molecular formula is C21H26N4O3. The second-order valence-corrected chi connectivity index (χ2v) is 6.11. The Kier molecular flexibility index (Phi) is 8.68. The van der Waals surface area contributed by atoms with E-state index in [1.54, 1.807) is 19.4 Å². The van der Waals surface area contributed by atoms with Crippen molar-refractivity contribution in [2.24, 2.45) is 21.9 Å². The zero-order chi connectivity index (χ0) is 20.2. The monoisotopic (exact) mass is 382 g/mol. The van der Waals surface area contributed by atoms with E-state index in [1.165, 1.54) is 0 Å². The number of carbonyl (C=O) groups excluding carboxylic acids is 1. The molecule has 0 amide bonds. The quantitative estimate of drug-likeness (QED) is 0.284. The summed E-state index contributed by atoms with van der Waals surface area (Å²) in [7, 11) is 0. The van der Waals surface area contributed by atoms with Crippen molar-refractivity contribution in [1.82, 2.24) is 0 Å². The van der Waals surface area contributed by atoms with Crippen molar-refractivity contribution in [1.29, 1.82) is 0 Å². The number of hydrazone groups is 2. The summed E-state index contributed by atoms with van der Waals surface area (Å²) >= 11 is 0. The summed E-state index contributed by atoms with van der Waals surface area (Å²) in [6.07, 6.45) is 3.68. The summed E-state index contributed by atoms with van der Waals surface area (Å²) in [4.78, 5) is 11.8. The molecule has 0 saturated heterocycles. The number of esters is 1. The van der Waals surface area contributed by atoms with Gasteiger partial charge in [0.05, 0.1) is 31.7 Å².